The fraction of sp³-hybridized carbons (Fsp3) is 0.500. The lowest BCUT2D eigenvalue weighted by Gasteiger charge is -2.39. The minimum absolute atomic E-state index is 0.119. The van der Waals surface area contributed by atoms with Crippen molar-refractivity contribution in [3.63, 3.8) is 0 Å². The van der Waals surface area contributed by atoms with E-state index in [0.717, 1.165) is 32.1 Å². The average Bonchev–Trinajstić information content (AvgIpc) is 2.53. The van der Waals surface area contributed by atoms with Crippen LogP contribution >= 0.6 is 11.8 Å². The Kier molecular flexibility index (Phi) is 5.24. The van der Waals surface area contributed by atoms with Crippen LogP contribution in [0.15, 0.2) is 29.2 Å². The van der Waals surface area contributed by atoms with Crippen LogP contribution in [-0.2, 0) is 4.79 Å². The molecule has 5 heteroatoms. The van der Waals surface area contributed by atoms with Crippen molar-refractivity contribution in [1.29, 1.82) is 5.26 Å². The average molecular weight is 306 g/mol. The van der Waals surface area contributed by atoms with Gasteiger partial charge in [0.15, 0.2) is 0 Å². The van der Waals surface area contributed by atoms with Crippen LogP contribution < -0.4 is 0 Å². The minimum atomic E-state index is -0.675. The minimum Gasteiger partial charge on any atom is -0.326 e. The van der Waals surface area contributed by atoms with Crippen LogP contribution in [0.2, 0.25) is 0 Å². The second kappa shape index (κ2) is 6.95. The lowest BCUT2D eigenvalue weighted by Crippen LogP contribution is -2.50. The number of benzene rings is 1. The molecule has 0 spiro atoms. The Morgan fingerprint density at radius 3 is 2.67 bits per heavy atom. The number of carbonyl (C=O) groups excluding carboxylic acids is 1. The molecule has 0 unspecified atom stereocenters. The van der Waals surface area contributed by atoms with Crippen LogP contribution in [0.25, 0.3) is 0 Å². The van der Waals surface area contributed by atoms with Crippen molar-refractivity contribution in [3.05, 3.63) is 30.1 Å². The first-order valence-electron chi connectivity index (χ1n) is 7.14. The fourth-order valence-corrected chi connectivity index (χ4v) is 3.55. The van der Waals surface area contributed by atoms with E-state index in [1.165, 1.54) is 17.8 Å². The van der Waals surface area contributed by atoms with Gasteiger partial charge in [-0.25, -0.2) is 4.39 Å². The van der Waals surface area contributed by atoms with Crippen molar-refractivity contribution in [2.75, 3.05) is 12.8 Å². The normalized spacial score (nSPS) is 17.0. The van der Waals surface area contributed by atoms with Gasteiger partial charge in [0.2, 0.25) is 5.91 Å². The highest BCUT2D eigenvalue weighted by Gasteiger charge is 2.38. The summed E-state index contributed by atoms with van der Waals surface area (Å²) >= 11 is 1.18. The molecule has 1 saturated carbocycles. The molecule has 1 fully saturated rings. The Bertz CT molecular complexity index is 549. The summed E-state index contributed by atoms with van der Waals surface area (Å²) in [6.45, 7) is 0. The first kappa shape index (κ1) is 15.8. The van der Waals surface area contributed by atoms with Crippen LogP contribution in [0.3, 0.4) is 0 Å². The summed E-state index contributed by atoms with van der Waals surface area (Å²) in [5.74, 6) is -0.279. The van der Waals surface area contributed by atoms with Gasteiger partial charge in [-0.05, 0) is 25.0 Å². The molecule has 0 aromatic heterocycles. The molecule has 0 atom stereocenters. The number of thioether (sulfide) groups is 1. The van der Waals surface area contributed by atoms with Gasteiger partial charge in [-0.1, -0.05) is 31.4 Å². The van der Waals surface area contributed by atoms with Crippen molar-refractivity contribution in [1.82, 2.24) is 4.90 Å². The van der Waals surface area contributed by atoms with E-state index in [4.69, 9.17) is 0 Å². The van der Waals surface area contributed by atoms with Gasteiger partial charge in [-0.15, -0.1) is 11.8 Å². The molecule has 0 aliphatic heterocycles. The topological polar surface area (TPSA) is 44.1 Å². The molecular weight excluding hydrogens is 287 g/mol. The van der Waals surface area contributed by atoms with E-state index >= 15 is 0 Å². The Morgan fingerprint density at radius 1 is 1.38 bits per heavy atom. The molecule has 2 rings (SSSR count). The quantitative estimate of drug-likeness (QED) is 0.798. The maximum absolute atomic E-state index is 13.5. The SMILES string of the molecule is CN(C(=O)CSc1ccccc1F)C1(C#N)CCCCC1. The summed E-state index contributed by atoms with van der Waals surface area (Å²) in [5.41, 5.74) is -0.675. The Balaban J connectivity index is 1.99. The molecule has 0 saturated heterocycles. The monoisotopic (exact) mass is 306 g/mol. The summed E-state index contributed by atoms with van der Waals surface area (Å²) in [6, 6.07) is 8.75. The Hall–Kier alpha value is -1.54. The predicted octanol–water partition coefficient (Wildman–Crippen LogP) is 3.60. The van der Waals surface area contributed by atoms with E-state index in [2.05, 4.69) is 6.07 Å². The molecule has 1 amide bonds. The van der Waals surface area contributed by atoms with Crippen molar-refractivity contribution in [2.45, 2.75) is 42.5 Å². The van der Waals surface area contributed by atoms with Crippen molar-refractivity contribution >= 4 is 17.7 Å². The van der Waals surface area contributed by atoms with Crippen LogP contribution in [-0.4, -0.2) is 29.1 Å². The third kappa shape index (κ3) is 3.56. The van der Waals surface area contributed by atoms with Gasteiger partial charge in [0.05, 0.1) is 11.8 Å². The molecular formula is C16H19FN2OS. The first-order chi connectivity index (χ1) is 10.1. The number of hydrogen-bond donors (Lipinski definition) is 0. The molecule has 0 N–H and O–H groups in total. The number of hydrogen-bond acceptors (Lipinski definition) is 3. The molecule has 1 aliphatic carbocycles. The van der Waals surface area contributed by atoms with Gasteiger partial charge in [-0.2, -0.15) is 5.26 Å². The van der Waals surface area contributed by atoms with Crippen molar-refractivity contribution in [3.8, 4) is 6.07 Å². The predicted molar refractivity (Wildman–Crippen MR) is 81.3 cm³/mol. The summed E-state index contributed by atoms with van der Waals surface area (Å²) in [5, 5.41) is 9.48. The first-order valence-corrected chi connectivity index (χ1v) is 8.13. The molecule has 1 aromatic carbocycles. The van der Waals surface area contributed by atoms with Crippen LogP contribution in [0.1, 0.15) is 32.1 Å². The number of amides is 1. The number of carbonyl (C=O) groups is 1. The van der Waals surface area contributed by atoms with E-state index in [9.17, 15) is 14.4 Å². The number of rotatable bonds is 4. The number of nitrogens with zero attached hydrogens (tertiary/aromatic N) is 2. The fourth-order valence-electron chi connectivity index (χ4n) is 2.70. The Morgan fingerprint density at radius 2 is 2.05 bits per heavy atom. The third-order valence-corrected chi connectivity index (χ3v) is 5.13. The summed E-state index contributed by atoms with van der Waals surface area (Å²) < 4.78 is 13.5. The maximum atomic E-state index is 13.5. The lowest BCUT2D eigenvalue weighted by atomic mass is 9.81. The van der Waals surface area contributed by atoms with E-state index in [1.807, 2.05) is 0 Å². The van der Waals surface area contributed by atoms with Crippen LogP contribution in [0, 0.1) is 17.1 Å². The molecule has 21 heavy (non-hydrogen) atoms. The van der Waals surface area contributed by atoms with Gasteiger partial charge in [0.1, 0.15) is 11.4 Å². The van der Waals surface area contributed by atoms with E-state index in [-0.39, 0.29) is 17.5 Å². The number of nitriles is 1. The molecule has 3 nitrogen and oxygen atoms in total. The van der Waals surface area contributed by atoms with Gasteiger partial charge in [0.25, 0.3) is 0 Å². The van der Waals surface area contributed by atoms with Crippen molar-refractivity contribution in [2.24, 2.45) is 0 Å². The lowest BCUT2D eigenvalue weighted by molar-refractivity contribution is -0.131. The summed E-state index contributed by atoms with van der Waals surface area (Å²) in [7, 11) is 1.69. The molecule has 0 bridgehead atoms. The molecule has 0 radical (unpaired) electrons. The zero-order valence-corrected chi connectivity index (χ0v) is 13.0. The molecule has 1 aromatic rings. The molecule has 0 heterocycles. The van der Waals surface area contributed by atoms with Gasteiger partial charge < -0.3 is 4.90 Å². The second-order valence-corrected chi connectivity index (χ2v) is 6.39. The maximum Gasteiger partial charge on any atom is 0.233 e. The zero-order chi connectivity index (χ0) is 15.3. The zero-order valence-electron chi connectivity index (χ0n) is 12.1. The highest BCUT2D eigenvalue weighted by molar-refractivity contribution is 8.00. The highest BCUT2D eigenvalue weighted by atomic mass is 32.2. The summed E-state index contributed by atoms with van der Waals surface area (Å²) in [4.78, 5) is 14.4. The highest BCUT2D eigenvalue weighted by Crippen LogP contribution is 2.33. The Labute approximate surface area is 129 Å². The smallest absolute Gasteiger partial charge is 0.233 e. The van der Waals surface area contributed by atoms with Gasteiger partial charge >= 0.3 is 0 Å². The molecule has 1 aliphatic rings. The van der Waals surface area contributed by atoms with E-state index < -0.39 is 5.54 Å². The summed E-state index contributed by atoms with van der Waals surface area (Å²) in [6.07, 6.45) is 4.54. The number of halogens is 1. The van der Waals surface area contributed by atoms with Gasteiger partial charge in [0, 0.05) is 11.9 Å². The molecule has 112 valence electrons. The van der Waals surface area contributed by atoms with Gasteiger partial charge in [-0.3, -0.25) is 4.79 Å². The van der Waals surface area contributed by atoms with Crippen LogP contribution in [0.5, 0.6) is 0 Å². The standard InChI is InChI=1S/C16H19FN2OS/c1-19(16(12-18)9-5-2-6-10-16)15(20)11-21-14-8-4-3-7-13(14)17/h3-4,7-8H,2,5-6,9-11H2,1H3. The van der Waals surface area contributed by atoms with E-state index in [0.29, 0.717) is 4.90 Å². The van der Waals surface area contributed by atoms with Crippen molar-refractivity contribution < 1.29 is 9.18 Å². The second-order valence-electron chi connectivity index (χ2n) is 5.38. The largest absolute Gasteiger partial charge is 0.326 e. The van der Waals surface area contributed by atoms with Crippen LogP contribution in [0.4, 0.5) is 4.39 Å². The van der Waals surface area contributed by atoms with E-state index in [1.54, 1.807) is 30.1 Å². The third-order valence-electron chi connectivity index (χ3n) is 4.09.